The predicted octanol–water partition coefficient (Wildman–Crippen LogP) is -0.773. The fourth-order valence-electron chi connectivity index (χ4n) is 0.996. The second-order valence-corrected chi connectivity index (χ2v) is 3.17. The van der Waals surface area contributed by atoms with E-state index in [4.69, 9.17) is 10.2 Å². The monoisotopic (exact) mass is 205 g/mol. The zero-order chi connectivity index (χ0) is 11.3. The van der Waals surface area contributed by atoms with Gasteiger partial charge in [-0.05, 0) is 13.8 Å². The van der Waals surface area contributed by atoms with Gasteiger partial charge in [0.05, 0.1) is 19.2 Å². The van der Waals surface area contributed by atoms with Crippen molar-refractivity contribution in [3.8, 4) is 0 Å². The second-order valence-electron chi connectivity index (χ2n) is 3.17. The van der Waals surface area contributed by atoms with Crippen LogP contribution in [0.15, 0.2) is 0 Å². The van der Waals surface area contributed by atoms with E-state index in [1.807, 2.05) is 0 Å². The van der Waals surface area contributed by atoms with E-state index < -0.39 is 37.2 Å². The summed E-state index contributed by atoms with van der Waals surface area (Å²) < 4.78 is 0. The number of aliphatic hydroxyl groups is 1. The van der Waals surface area contributed by atoms with Crippen molar-refractivity contribution in [2.75, 3.05) is 13.1 Å². The van der Waals surface area contributed by atoms with Gasteiger partial charge in [0.2, 0.25) is 0 Å². The molecule has 0 bridgehead atoms. The van der Waals surface area contributed by atoms with Crippen LogP contribution in [0.5, 0.6) is 0 Å². The molecule has 3 N–H and O–H groups in total. The Hall–Kier alpha value is -1.14. The molecule has 6 nitrogen and oxygen atoms in total. The summed E-state index contributed by atoms with van der Waals surface area (Å²) in [5, 5.41) is 26.2. The summed E-state index contributed by atoms with van der Waals surface area (Å²) in [7, 11) is 0. The van der Waals surface area contributed by atoms with E-state index in [9.17, 15) is 14.7 Å². The van der Waals surface area contributed by atoms with E-state index in [-0.39, 0.29) is 0 Å². The number of carbonyl (C=O) groups is 2. The maximum Gasteiger partial charge on any atom is 0.317 e. The van der Waals surface area contributed by atoms with Crippen LogP contribution < -0.4 is 0 Å². The molecule has 14 heavy (non-hydrogen) atoms. The number of hydrogen-bond donors (Lipinski definition) is 3. The third kappa shape index (κ3) is 4.78. The van der Waals surface area contributed by atoms with Crippen molar-refractivity contribution in [3.63, 3.8) is 0 Å². The number of carboxylic acids is 2. The predicted molar refractivity (Wildman–Crippen MR) is 48.0 cm³/mol. The zero-order valence-corrected chi connectivity index (χ0v) is 8.17. The van der Waals surface area contributed by atoms with Crippen molar-refractivity contribution < 1.29 is 24.9 Å². The molecular formula is C8H15NO5. The van der Waals surface area contributed by atoms with Crippen molar-refractivity contribution in [2.45, 2.75) is 26.0 Å². The van der Waals surface area contributed by atoms with Crippen molar-refractivity contribution >= 4 is 11.9 Å². The maximum absolute atomic E-state index is 10.4. The Morgan fingerprint density at radius 2 is 1.50 bits per heavy atom. The summed E-state index contributed by atoms with van der Waals surface area (Å²) in [5.41, 5.74) is 0. The van der Waals surface area contributed by atoms with Gasteiger partial charge in [0.1, 0.15) is 0 Å². The lowest BCUT2D eigenvalue weighted by molar-refractivity contribution is -0.143. The minimum absolute atomic E-state index is 0.391. The topological polar surface area (TPSA) is 98.1 Å². The van der Waals surface area contributed by atoms with Crippen molar-refractivity contribution in [3.05, 3.63) is 0 Å². The molecule has 0 saturated carbocycles. The molecule has 82 valence electrons. The van der Waals surface area contributed by atoms with Gasteiger partial charge in [-0.1, -0.05) is 0 Å². The molecule has 0 aromatic heterocycles. The summed E-state index contributed by atoms with van der Waals surface area (Å²) in [6.07, 6.45) is -0.770. The molecule has 0 amide bonds. The van der Waals surface area contributed by atoms with Gasteiger partial charge in [-0.15, -0.1) is 0 Å². The van der Waals surface area contributed by atoms with Crippen LogP contribution in [0.1, 0.15) is 13.8 Å². The molecule has 0 aromatic rings. The Bertz CT molecular complexity index is 200. The zero-order valence-electron chi connectivity index (χ0n) is 8.17. The van der Waals surface area contributed by atoms with Gasteiger partial charge in [0, 0.05) is 6.04 Å². The third-order valence-electron chi connectivity index (χ3n) is 1.95. The van der Waals surface area contributed by atoms with Gasteiger partial charge in [-0.25, -0.2) is 0 Å². The first-order chi connectivity index (χ1) is 6.34. The van der Waals surface area contributed by atoms with Crippen LogP contribution in [0.2, 0.25) is 0 Å². The maximum atomic E-state index is 10.4. The molecule has 2 atom stereocenters. The quantitative estimate of drug-likeness (QED) is 0.526. The third-order valence-corrected chi connectivity index (χ3v) is 1.95. The minimum atomic E-state index is -1.11. The molecular weight excluding hydrogens is 190 g/mol. The molecule has 0 aromatic carbocycles. The van der Waals surface area contributed by atoms with Gasteiger partial charge in [-0.2, -0.15) is 0 Å². The van der Waals surface area contributed by atoms with Crippen molar-refractivity contribution in [1.29, 1.82) is 0 Å². The normalized spacial score (nSPS) is 15.1. The van der Waals surface area contributed by atoms with E-state index in [1.54, 1.807) is 6.92 Å². The minimum Gasteiger partial charge on any atom is -0.480 e. The van der Waals surface area contributed by atoms with E-state index in [0.29, 0.717) is 0 Å². The van der Waals surface area contributed by atoms with E-state index in [1.165, 1.54) is 11.8 Å². The van der Waals surface area contributed by atoms with Crippen molar-refractivity contribution in [2.24, 2.45) is 0 Å². The van der Waals surface area contributed by atoms with Gasteiger partial charge < -0.3 is 15.3 Å². The smallest absolute Gasteiger partial charge is 0.317 e. The summed E-state index contributed by atoms with van der Waals surface area (Å²) in [6.45, 7) is 2.29. The number of carboxylic acid groups (broad SMARTS) is 2. The lowest BCUT2D eigenvalue weighted by atomic mass is 10.2. The van der Waals surface area contributed by atoms with Gasteiger partial charge in [0.25, 0.3) is 0 Å². The van der Waals surface area contributed by atoms with E-state index in [2.05, 4.69) is 0 Å². The van der Waals surface area contributed by atoms with Crippen molar-refractivity contribution in [1.82, 2.24) is 4.90 Å². The molecule has 0 aliphatic carbocycles. The molecule has 0 radical (unpaired) electrons. The first kappa shape index (κ1) is 12.9. The number of aliphatic hydroxyl groups excluding tert-OH is 1. The Morgan fingerprint density at radius 3 is 1.71 bits per heavy atom. The Kier molecular flexibility index (Phi) is 5.11. The molecule has 0 spiro atoms. The van der Waals surface area contributed by atoms with Gasteiger partial charge in [-0.3, -0.25) is 14.5 Å². The molecule has 2 unspecified atom stereocenters. The molecule has 0 rings (SSSR count). The number of aliphatic carboxylic acids is 2. The highest BCUT2D eigenvalue weighted by atomic mass is 16.4. The molecule has 0 aliphatic rings. The Morgan fingerprint density at radius 1 is 1.14 bits per heavy atom. The van der Waals surface area contributed by atoms with Crippen LogP contribution in [0.3, 0.4) is 0 Å². The standard InChI is InChI=1S/C8H15NO5/c1-5(6(2)10)9(3-7(11)12)4-8(13)14/h5-6,10H,3-4H2,1-2H3,(H,11,12)(H,13,14). The van der Waals surface area contributed by atoms with Crippen LogP contribution in [0.25, 0.3) is 0 Å². The lowest BCUT2D eigenvalue weighted by Crippen LogP contribution is -2.45. The molecule has 6 heteroatoms. The lowest BCUT2D eigenvalue weighted by Gasteiger charge is -2.27. The highest BCUT2D eigenvalue weighted by Crippen LogP contribution is 2.03. The average molecular weight is 205 g/mol. The molecule has 0 fully saturated rings. The summed E-state index contributed by atoms with van der Waals surface area (Å²) in [6, 6.07) is -0.498. The molecule has 0 aliphatic heterocycles. The fraction of sp³-hybridized carbons (Fsp3) is 0.750. The number of nitrogens with zero attached hydrogens (tertiary/aromatic N) is 1. The fourth-order valence-corrected chi connectivity index (χ4v) is 0.996. The van der Waals surface area contributed by atoms with E-state index >= 15 is 0 Å². The highest BCUT2D eigenvalue weighted by Gasteiger charge is 2.22. The summed E-state index contributed by atoms with van der Waals surface area (Å²) in [4.78, 5) is 22.0. The van der Waals surface area contributed by atoms with Crippen LogP contribution in [-0.4, -0.2) is 57.4 Å². The Labute approximate surface area is 81.8 Å². The Balaban J connectivity index is 4.37. The average Bonchev–Trinajstić information content (AvgIpc) is 1.99. The molecule has 0 saturated heterocycles. The SMILES string of the molecule is CC(O)C(C)N(CC(=O)O)CC(=O)O. The summed E-state index contributed by atoms with van der Waals surface area (Å²) in [5.74, 6) is -2.22. The number of hydrogen-bond acceptors (Lipinski definition) is 4. The van der Waals surface area contributed by atoms with Crippen LogP contribution >= 0.6 is 0 Å². The molecule has 0 heterocycles. The van der Waals surface area contributed by atoms with Crippen LogP contribution in [0, 0.1) is 0 Å². The first-order valence-corrected chi connectivity index (χ1v) is 4.20. The highest BCUT2D eigenvalue weighted by molar-refractivity contribution is 5.72. The number of rotatable bonds is 6. The second kappa shape index (κ2) is 5.56. The van der Waals surface area contributed by atoms with E-state index in [0.717, 1.165) is 0 Å². The summed E-state index contributed by atoms with van der Waals surface area (Å²) >= 11 is 0. The first-order valence-electron chi connectivity index (χ1n) is 4.20. The van der Waals surface area contributed by atoms with Gasteiger partial charge >= 0.3 is 11.9 Å². The van der Waals surface area contributed by atoms with Crippen LogP contribution in [-0.2, 0) is 9.59 Å². The largest absolute Gasteiger partial charge is 0.480 e. The van der Waals surface area contributed by atoms with Crippen LogP contribution in [0.4, 0.5) is 0 Å². The van der Waals surface area contributed by atoms with Gasteiger partial charge in [0.15, 0.2) is 0 Å².